The van der Waals surface area contributed by atoms with Crippen LogP contribution in [0.15, 0.2) is 54.6 Å². The Morgan fingerprint density at radius 2 is 1.45 bits per heavy atom. The van der Waals surface area contributed by atoms with Crippen molar-refractivity contribution in [1.29, 1.82) is 0 Å². The summed E-state index contributed by atoms with van der Waals surface area (Å²) < 4.78 is 40.2. The molecule has 0 aliphatic carbocycles. The highest BCUT2D eigenvalue weighted by Crippen LogP contribution is 2.30. The number of alkyl halides is 3. The van der Waals surface area contributed by atoms with Crippen molar-refractivity contribution in [2.45, 2.75) is 25.6 Å². The van der Waals surface area contributed by atoms with Crippen LogP contribution in [0.1, 0.15) is 30.4 Å². The number of halogens is 3. The molecule has 0 saturated carbocycles. The van der Waals surface area contributed by atoms with E-state index >= 15 is 0 Å². The Bertz CT molecular complexity index is 532. The van der Waals surface area contributed by atoms with Gasteiger partial charge in [-0.2, -0.15) is 0 Å². The summed E-state index contributed by atoms with van der Waals surface area (Å²) >= 11 is 0. The number of ether oxygens (including phenoxy) is 1. The summed E-state index contributed by atoms with van der Waals surface area (Å²) in [4.78, 5) is 0. The Morgan fingerprint density at radius 3 is 1.95 bits per heavy atom. The van der Waals surface area contributed by atoms with Gasteiger partial charge in [-0.1, -0.05) is 49.4 Å². The predicted octanol–water partition coefficient (Wildman–Crippen LogP) is 5.13. The molecule has 2 aromatic carbocycles. The summed E-state index contributed by atoms with van der Waals surface area (Å²) in [5.41, 5.74) is 2.13. The largest absolute Gasteiger partial charge is 0.573 e. The summed E-state index contributed by atoms with van der Waals surface area (Å²) in [6, 6.07) is 16.0. The van der Waals surface area contributed by atoms with E-state index in [-0.39, 0.29) is 11.7 Å². The van der Waals surface area contributed by atoms with Crippen molar-refractivity contribution in [3.63, 3.8) is 0 Å². The van der Waals surface area contributed by atoms with Crippen LogP contribution < -0.4 is 4.74 Å². The van der Waals surface area contributed by atoms with Gasteiger partial charge < -0.3 is 4.74 Å². The van der Waals surface area contributed by atoms with Crippen molar-refractivity contribution in [3.05, 3.63) is 65.7 Å². The van der Waals surface area contributed by atoms with Crippen LogP contribution in [0.4, 0.5) is 13.2 Å². The van der Waals surface area contributed by atoms with Crippen molar-refractivity contribution < 1.29 is 17.9 Å². The molecule has 1 atom stereocenters. The molecule has 20 heavy (non-hydrogen) atoms. The molecule has 2 aromatic rings. The highest BCUT2D eigenvalue weighted by Gasteiger charge is 2.31. The molecule has 0 radical (unpaired) electrons. The van der Waals surface area contributed by atoms with E-state index in [2.05, 4.69) is 11.7 Å². The van der Waals surface area contributed by atoms with Crippen LogP contribution in [-0.4, -0.2) is 6.36 Å². The summed E-state index contributed by atoms with van der Waals surface area (Å²) in [5, 5.41) is 0. The second-order valence-corrected chi connectivity index (χ2v) is 4.49. The predicted molar refractivity (Wildman–Crippen MR) is 71.7 cm³/mol. The summed E-state index contributed by atoms with van der Waals surface area (Å²) in [6.45, 7) is 2.05. The Balaban J connectivity index is 2.20. The molecule has 0 aliphatic rings. The van der Waals surface area contributed by atoms with Gasteiger partial charge >= 0.3 is 6.36 Å². The zero-order chi connectivity index (χ0) is 14.6. The second kappa shape index (κ2) is 5.99. The molecule has 0 amide bonds. The molecule has 1 unspecified atom stereocenters. The fourth-order valence-electron chi connectivity index (χ4n) is 2.25. The quantitative estimate of drug-likeness (QED) is 0.754. The SMILES string of the molecule is CCC(c1ccccc1)c1ccc(OC(F)(F)F)cc1. The zero-order valence-corrected chi connectivity index (χ0v) is 11.0. The van der Waals surface area contributed by atoms with Gasteiger partial charge in [0.1, 0.15) is 5.75 Å². The second-order valence-electron chi connectivity index (χ2n) is 4.49. The zero-order valence-electron chi connectivity index (χ0n) is 11.0. The fourth-order valence-corrected chi connectivity index (χ4v) is 2.25. The van der Waals surface area contributed by atoms with Crippen LogP contribution in [0.2, 0.25) is 0 Å². The number of hydrogen-bond acceptors (Lipinski definition) is 1. The summed E-state index contributed by atoms with van der Waals surface area (Å²) in [7, 11) is 0. The maximum atomic E-state index is 12.1. The first-order valence-corrected chi connectivity index (χ1v) is 6.40. The first-order chi connectivity index (χ1) is 9.49. The third kappa shape index (κ3) is 3.76. The van der Waals surface area contributed by atoms with E-state index in [0.717, 1.165) is 17.5 Å². The molecular weight excluding hydrogens is 265 g/mol. The van der Waals surface area contributed by atoms with Crippen molar-refractivity contribution in [1.82, 2.24) is 0 Å². The lowest BCUT2D eigenvalue weighted by Crippen LogP contribution is -2.17. The number of hydrogen-bond donors (Lipinski definition) is 0. The summed E-state index contributed by atoms with van der Waals surface area (Å²) in [6.07, 6.45) is -3.77. The van der Waals surface area contributed by atoms with Crippen molar-refractivity contribution >= 4 is 0 Å². The van der Waals surface area contributed by atoms with E-state index in [9.17, 15) is 13.2 Å². The average Bonchev–Trinajstić information content (AvgIpc) is 2.41. The van der Waals surface area contributed by atoms with Gasteiger partial charge in [0.25, 0.3) is 0 Å². The van der Waals surface area contributed by atoms with E-state index in [0.29, 0.717) is 0 Å². The lowest BCUT2D eigenvalue weighted by atomic mass is 9.89. The maximum Gasteiger partial charge on any atom is 0.573 e. The average molecular weight is 280 g/mol. The standard InChI is InChI=1S/C16H15F3O/c1-2-15(12-6-4-3-5-7-12)13-8-10-14(11-9-13)20-16(17,18)19/h3-11,15H,2H2,1H3. The first kappa shape index (κ1) is 14.4. The van der Waals surface area contributed by atoms with E-state index in [1.807, 2.05) is 30.3 Å². The molecule has 0 aliphatic heterocycles. The van der Waals surface area contributed by atoms with E-state index in [1.165, 1.54) is 12.1 Å². The normalized spacial score (nSPS) is 13.0. The van der Waals surface area contributed by atoms with Gasteiger partial charge in [-0.3, -0.25) is 0 Å². The Hall–Kier alpha value is -1.97. The molecule has 0 spiro atoms. The lowest BCUT2D eigenvalue weighted by molar-refractivity contribution is -0.274. The Morgan fingerprint density at radius 1 is 0.900 bits per heavy atom. The maximum absolute atomic E-state index is 12.1. The molecule has 0 bridgehead atoms. The van der Waals surface area contributed by atoms with Gasteiger partial charge in [-0.25, -0.2) is 0 Å². The molecular formula is C16H15F3O. The van der Waals surface area contributed by atoms with Crippen LogP contribution in [0.5, 0.6) is 5.75 Å². The highest BCUT2D eigenvalue weighted by molar-refractivity contribution is 5.35. The first-order valence-electron chi connectivity index (χ1n) is 6.40. The minimum atomic E-state index is -4.65. The molecule has 2 rings (SSSR count). The molecule has 0 aromatic heterocycles. The third-order valence-corrected chi connectivity index (χ3v) is 3.13. The third-order valence-electron chi connectivity index (χ3n) is 3.13. The number of benzene rings is 2. The van der Waals surface area contributed by atoms with Gasteiger partial charge in [0.05, 0.1) is 0 Å². The molecule has 1 nitrogen and oxygen atoms in total. The van der Waals surface area contributed by atoms with Crippen molar-refractivity contribution in [3.8, 4) is 5.75 Å². The topological polar surface area (TPSA) is 9.23 Å². The molecule has 106 valence electrons. The molecule has 0 N–H and O–H groups in total. The van der Waals surface area contributed by atoms with E-state index < -0.39 is 6.36 Å². The number of rotatable bonds is 4. The van der Waals surface area contributed by atoms with Gasteiger partial charge in [-0.15, -0.1) is 13.2 Å². The molecule has 0 heterocycles. The highest BCUT2D eigenvalue weighted by atomic mass is 19.4. The van der Waals surface area contributed by atoms with Crippen LogP contribution in [0.3, 0.4) is 0 Å². The van der Waals surface area contributed by atoms with Crippen molar-refractivity contribution in [2.24, 2.45) is 0 Å². The molecule has 0 fully saturated rings. The smallest absolute Gasteiger partial charge is 0.406 e. The van der Waals surface area contributed by atoms with Crippen LogP contribution in [0.25, 0.3) is 0 Å². The minimum absolute atomic E-state index is 0.177. The lowest BCUT2D eigenvalue weighted by Gasteiger charge is -2.16. The monoisotopic (exact) mass is 280 g/mol. The molecule has 4 heteroatoms. The van der Waals surface area contributed by atoms with Gasteiger partial charge in [0.15, 0.2) is 0 Å². The van der Waals surface area contributed by atoms with Crippen LogP contribution >= 0.6 is 0 Å². The molecule has 0 saturated heterocycles. The summed E-state index contributed by atoms with van der Waals surface area (Å²) in [5.74, 6) is -0.0136. The van der Waals surface area contributed by atoms with E-state index in [1.54, 1.807) is 12.1 Å². The van der Waals surface area contributed by atoms with Gasteiger partial charge in [0.2, 0.25) is 0 Å². The van der Waals surface area contributed by atoms with Crippen LogP contribution in [0, 0.1) is 0 Å². The van der Waals surface area contributed by atoms with Crippen LogP contribution in [-0.2, 0) is 0 Å². The Labute approximate surface area is 116 Å². The van der Waals surface area contributed by atoms with E-state index in [4.69, 9.17) is 0 Å². The van der Waals surface area contributed by atoms with Gasteiger partial charge in [0, 0.05) is 5.92 Å². The minimum Gasteiger partial charge on any atom is -0.406 e. The van der Waals surface area contributed by atoms with Gasteiger partial charge in [-0.05, 0) is 29.7 Å². The Kier molecular flexibility index (Phi) is 4.32. The fraction of sp³-hybridized carbons (Fsp3) is 0.250. The van der Waals surface area contributed by atoms with Crippen molar-refractivity contribution in [2.75, 3.05) is 0 Å².